The molecule has 0 aliphatic heterocycles. The summed E-state index contributed by atoms with van der Waals surface area (Å²) in [7, 11) is -2.48. The smallest absolute Gasteiger partial charge is 0.306 e. The third kappa shape index (κ3) is 4.49. The van der Waals surface area contributed by atoms with Gasteiger partial charge in [0.2, 0.25) is 10.0 Å². The number of methoxy groups -OCH3 is 1. The minimum absolute atomic E-state index is 0.117. The monoisotopic (exact) mass is 370 g/mol. The first-order valence-electron chi connectivity index (χ1n) is 7.88. The molecule has 25 heavy (non-hydrogen) atoms. The van der Waals surface area contributed by atoms with Crippen molar-refractivity contribution in [1.29, 1.82) is 0 Å². The molecule has 0 aromatic heterocycles. The van der Waals surface area contributed by atoms with E-state index in [1.807, 2.05) is 0 Å². The number of carboxylic acid groups (broad SMARTS) is 1. The summed E-state index contributed by atoms with van der Waals surface area (Å²) in [5.41, 5.74) is 0.170. The lowest BCUT2D eigenvalue weighted by Crippen LogP contribution is -2.46. The fourth-order valence-electron chi connectivity index (χ4n) is 2.61. The fraction of sp³-hybridized carbons (Fsp3) is 0.500. The Bertz CT molecular complexity index is 769. The minimum atomic E-state index is -3.83. The fourth-order valence-corrected chi connectivity index (χ4v) is 4.05. The van der Waals surface area contributed by atoms with Crippen LogP contribution in [0.5, 0.6) is 5.75 Å². The summed E-state index contributed by atoms with van der Waals surface area (Å²) < 4.78 is 32.4. The largest absolute Gasteiger partial charge is 0.495 e. The van der Waals surface area contributed by atoms with Crippen LogP contribution in [0.15, 0.2) is 23.1 Å². The number of ether oxygens (including phenoxy) is 1. The number of carboxylic acids is 1. The zero-order valence-corrected chi connectivity index (χ0v) is 15.1. The average molecular weight is 370 g/mol. The third-order valence-electron chi connectivity index (χ3n) is 3.93. The number of rotatable bonds is 7. The van der Waals surface area contributed by atoms with Crippen molar-refractivity contribution in [2.45, 2.75) is 43.7 Å². The van der Waals surface area contributed by atoms with Crippen LogP contribution in [-0.4, -0.2) is 44.6 Å². The van der Waals surface area contributed by atoms with E-state index in [2.05, 4.69) is 10.0 Å². The van der Waals surface area contributed by atoms with E-state index in [0.29, 0.717) is 12.8 Å². The van der Waals surface area contributed by atoms with Crippen LogP contribution in [0.4, 0.5) is 0 Å². The molecule has 3 N–H and O–H groups in total. The number of carbonyl (C=O) groups is 2. The quantitative estimate of drug-likeness (QED) is 0.658. The molecule has 8 nitrogen and oxygen atoms in total. The Morgan fingerprint density at radius 1 is 1.28 bits per heavy atom. The Kier molecular flexibility index (Phi) is 5.69. The first-order valence-corrected chi connectivity index (χ1v) is 9.36. The molecule has 1 amide bonds. The molecule has 0 radical (unpaired) electrons. The van der Waals surface area contributed by atoms with Gasteiger partial charge in [0.05, 0.1) is 13.0 Å². The highest BCUT2D eigenvalue weighted by Crippen LogP contribution is 2.29. The van der Waals surface area contributed by atoms with Crippen molar-refractivity contribution in [3.63, 3.8) is 0 Å². The second-order valence-corrected chi connectivity index (χ2v) is 8.00. The van der Waals surface area contributed by atoms with E-state index in [1.165, 1.54) is 25.3 Å². The molecule has 1 aliphatic carbocycles. The molecule has 1 aromatic rings. The van der Waals surface area contributed by atoms with Gasteiger partial charge in [-0.3, -0.25) is 9.59 Å². The number of aliphatic carboxylic acids is 1. The molecular formula is C16H22N2O6S. The lowest BCUT2D eigenvalue weighted by molar-refractivity contribution is -0.145. The standard InChI is InChI=1S/C16H22N2O6S/c1-9(2)18-25(22,23)14-8-10(4-5-13(14)24-3)15(19)17-12-6-11(7-12)16(20)21/h4-5,8-9,11-12,18H,6-7H2,1-3H3,(H,17,19)(H,20,21). The first kappa shape index (κ1) is 19.2. The molecule has 0 unspecified atom stereocenters. The summed E-state index contributed by atoms with van der Waals surface area (Å²) in [6, 6.07) is 3.62. The number of carbonyl (C=O) groups excluding carboxylic acids is 1. The van der Waals surface area contributed by atoms with E-state index in [0.717, 1.165) is 0 Å². The van der Waals surface area contributed by atoms with Crippen molar-refractivity contribution in [3.05, 3.63) is 23.8 Å². The Labute approximate surface area is 146 Å². The number of sulfonamides is 1. The van der Waals surface area contributed by atoms with Gasteiger partial charge in [0.1, 0.15) is 10.6 Å². The van der Waals surface area contributed by atoms with Crippen molar-refractivity contribution in [2.24, 2.45) is 5.92 Å². The zero-order chi connectivity index (χ0) is 18.8. The van der Waals surface area contributed by atoms with E-state index in [9.17, 15) is 18.0 Å². The summed E-state index contributed by atoms with van der Waals surface area (Å²) in [6.45, 7) is 3.38. The molecule has 0 saturated heterocycles. The highest BCUT2D eigenvalue weighted by atomic mass is 32.2. The Morgan fingerprint density at radius 2 is 1.92 bits per heavy atom. The Balaban J connectivity index is 2.18. The van der Waals surface area contributed by atoms with Crippen LogP contribution in [0, 0.1) is 5.92 Å². The van der Waals surface area contributed by atoms with Crippen molar-refractivity contribution >= 4 is 21.9 Å². The van der Waals surface area contributed by atoms with Crippen LogP contribution in [0.1, 0.15) is 37.0 Å². The van der Waals surface area contributed by atoms with Gasteiger partial charge in [-0.15, -0.1) is 0 Å². The van der Waals surface area contributed by atoms with Gasteiger partial charge in [-0.05, 0) is 44.9 Å². The predicted molar refractivity (Wildman–Crippen MR) is 90.1 cm³/mol. The van der Waals surface area contributed by atoms with Crippen molar-refractivity contribution < 1.29 is 27.9 Å². The summed E-state index contributed by atoms with van der Waals surface area (Å²) >= 11 is 0. The molecule has 1 saturated carbocycles. The van der Waals surface area contributed by atoms with Crippen LogP contribution in [0.2, 0.25) is 0 Å². The van der Waals surface area contributed by atoms with E-state index in [4.69, 9.17) is 9.84 Å². The van der Waals surface area contributed by atoms with E-state index in [-0.39, 0.29) is 28.3 Å². The molecule has 138 valence electrons. The molecule has 1 aliphatic rings. The van der Waals surface area contributed by atoms with Gasteiger partial charge in [0.25, 0.3) is 5.91 Å². The first-order chi connectivity index (χ1) is 11.6. The van der Waals surface area contributed by atoms with Crippen molar-refractivity contribution in [1.82, 2.24) is 10.0 Å². The minimum Gasteiger partial charge on any atom is -0.495 e. The highest BCUT2D eigenvalue weighted by Gasteiger charge is 2.35. The van der Waals surface area contributed by atoms with Gasteiger partial charge in [0, 0.05) is 17.6 Å². The van der Waals surface area contributed by atoms with Crippen LogP contribution in [0.3, 0.4) is 0 Å². The van der Waals surface area contributed by atoms with Gasteiger partial charge in [-0.25, -0.2) is 13.1 Å². The van der Waals surface area contributed by atoms with Gasteiger partial charge < -0.3 is 15.2 Å². The highest BCUT2D eigenvalue weighted by molar-refractivity contribution is 7.89. The van der Waals surface area contributed by atoms with Crippen molar-refractivity contribution in [2.75, 3.05) is 7.11 Å². The van der Waals surface area contributed by atoms with E-state index in [1.54, 1.807) is 13.8 Å². The number of amides is 1. The van der Waals surface area contributed by atoms with Crippen LogP contribution in [0.25, 0.3) is 0 Å². The summed E-state index contributed by atoms with van der Waals surface area (Å²) in [5.74, 6) is -1.62. The number of hydrogen-bond donors (Lipinski definition) is 3. The second-order valence-electron chi connectivity index (χ2n) is 6.32. The van der Waals surface area contributed by atoms with Crippen molar-refractivity contribution in [3.8, 4) is 5.75 Å². The maximum Gasteiger partial charge on any atom is 0.306 e. The van der Waals surface area contributed by atoms with E-state index >= 15 is 0 Å². The number of nitrogens with one attached hydrogen (secondary N) is 2. The normalized spacial score (nSPS) is 20.0. The molecule has 0 heterocycles. The molecule has 0 atom stereocenters. The van der Waals surface area contributed by atoms with Gasteiger partial charge in [-0.1, -0.05) is 0 Å². The topological polar surface area (TPSA) is 122 Å². The molecule has 9 heteroatoms. The maximum atomic E-state index is 12.4. The van der Waals surface area contributed by atoms with Gasteiger partial charge >= 0.3 is 5.97 Å². The van der Waals surface area contributed by atoms with Crippen LogP contribution >= 0.6 is 0 Å². The molecular weight excluding hydrogens is 348 g/mol. The average Bonchev–Trinajstić information content (AvgIpc) is 2.47. The van der Waals surface area contributed by atoms with Gasteiger partial charge in [-0.2, -0.15) is 0 Å². The van der Waals surface area contributed by atoms with Crippen LogP contribution < -0.4 is 14.8 Å². The molecule has 2 rings (SSSR count). The summed E-state index contributed by atoms with van der Waals surface area (Å²) in [6.07, 6.45) is 0.745. The molecule has 1 fully saturated rings. The van der Waals surface area contributed by atoms with Gasteiger partial charge in [0.15, 0.2) is 0 Å². The predicted octanol–water partition coefficient (Wildman–Crippen LogP) is 0.975. The van der Waals surface area contributed by atoms with Crippen LogP contribution in [-0.2, 0) is 14.8 Å². The maximum absolute atomic E-state index is 12.4. The third-order valence-corrected chi connectivity index (χ3v) is 5.61. The lowest BCUT2D eigenvalue weighted by atomic mass is 9.80. The molecule has 1 aromatic carbocycles. The van der Waals surface area contributed by atoms with E-state index < -0.39 is 27.8 Å². The SMILES string of the molecule is COc1ccc(C(=O)NC2CC(C(=O)O)C2)cc1S(=O)(=O)NC(C)C. The summed E-state index contributed by atoms with van der Waals surface area (Å²) in [4.78, 5) is 23.0. The second kappa shape index (κ2) is 7.40. The number of benzene rings is 1. The Morgan fingerprint density at radius 3 is 2.44 bits per heavy atom. The summed E-state index contributed by atoms with van der Waals surface area (Å²) in [5, 5.41) is 11.6. The zero-order valence-electron chi connectivity index (χ0n) is 14.3. The lowest BCUT2D eigenvalue weighted by Gasteiger charge is -2.32. The number of hydrogen-bond acceptors (Lipinski definition) is 5. The Hall–Kier alpha value is -2.13. The molecule has 0 spiro atoms. The molecule has 0 bridgehead atoms.